The molecule has 0 spiro atoms. The largest absolute Gasteiger partial charge is 0.469 e. The normalized spacial score (nSPS) is 10.5. The van der Waals surface area contributed by atoms with Crippen LogP contribution in [-0.4, -0.2) is 22.5 Å². The molecule has 0 aliphatic carbocycles. The Morgan fingerprint density at radius 2 is 2.40 bits per heavy atom. The fourth-order valence-corrected chi connectivity index (χ4v) is 1.44. The predicted molar refractivity (Wildman–Crippen MR) is 55.6 cm³/mol. The molecule has 0 aliphatic rings. The zero-order valence-corrected chi connectivity index (χ0v) is 8.73. The summed E-state index contributed by atoms with van der Waals surface area (Å²) in [6.07, 6.45) is 3.99. The van der Waals surface area contributed by atoms with Crippen LogP contribution < -0.4 is 0 Å². The highest BCUT2D eigenvalue weighted by Crippen LogP contribution is 2.08. The molecule has 0 amide bonds. The van der Waals surface area contributed by atoms with Gasteiger partial charge in [-0.15, -0.1) is 0 Å². The lowest BCUT2D eigenvalue weighted by molar-refractivity contribution is -0.139. The number of hydrogen-bond donors (Lipinski definition) is 0. The van der Waals surface area contributed by atoms with Gasteiger partial charge >= 0.3 is 5.97 Å². The van der Waals surface area contributed by atoms with Gasteiger partial charge in [-0.3, -0.25) is 4.79 Å². The van der Waals surface area contributed by atoms with E-state index in [0.29, 0.717) is 0 Å². The van der Waals surface area contributed by atoms with Crippen molar-refractivity contribution in [3.8, 4) is 0 Å². The Balaban J connectivity index is 2.34. The average Bonchev–Trinajstić information content (AvgIpc) is 2.59. The van der Waals surface area contributed by atoms with Gasteiger partial charge in [-0.2, -0.15) is 0 Å². The van der Waals surface area contributed by atoms with Gasteiger partial charge in [-0.25, -0.2) is 4.98 Å². The van der Waals surface area contributed by atoms with Crippen LogP contribution in [0.1, 0.15) is 11.3 Å². The number of hydrogen-bond acceptors (Lipinski definition) is 3. The number of pyridine rings is 1. The maximum atomic E-state index is 11.1. The van der Waals surface area contributed by atoms with Gasteiger partial charge in [0.1, 0.15) is 5.65 Å². The Kier molecular flexibility index (Phi) is 2.41. The summed E-state index contributed by atoms with van der Waals surface area (Å²) in [6.45, 7) is 2.01. The first-order chi connectivity index (χ1) is 7.19. The van der Waals surface area contributed by atoms with E-state index in [1.165, 1.54) is 7.11 Å². The predicted octanol–water partition coefficient (Wildman–Crippen LogP) is 1.36. The zero-order chi connectivity index (χ0) is 10.8. The Hall–Kier alpha value is -1.84. The highest BCUT2D eigenvalue weighted by molar-refractivity contribution is 5.72. The Labute approximate surface area is 87.5 Å². The first kappa shape index (κ1) is 9.71. The van der Waals surface area contributed by atoms with Crippen LogP contribution in [0, 0.1) is 6.92 Å². The van der Waals surface area contributed by atoms with E-state index in [1.54, 1.807) is 0 Å². The molecule has 0 atom stereocenters. The molecule has 0 aliphatic heterocycles. The minimum atomic E-state index is -0.268. The summed E-state index contributed by atoms with van der Waals surface area (Å²) in [7, 11) is 1.38. The Morgan fingerprint density at radius 3 is 3.13 bits per heavy atom. The van der Waals surface area contributed by atoms with Crippen LogP contribution in [0.2, 0.25) is 0 Å². The lowest BCUT2D eigenvalue weighted by Crippen LogP contribution is -2.04. The standard InChI is InChI=1S/C11H12N2O2/c1-8-3-4-13-7-9(6-11(14)15-2)12-10(13)5-8/h3-5,7H,6H2,1-2H3. The first-order valence-corrected chi connectivity index (χ1v) is 4.70. The SMILES string of the molecule is COC(=O)Cc1cn2ccc(C)cc2n1. The summed E-state index contributed by atoms with van der Waals surface area (Å²) < 4.78 is 6.48. The second-order valence-electron chi connectivity index (χ2n) is 3.45. The summed E-state index contributed by atoms with van der Waals surface area (Å²) in [5.74, 6) is -0.268. The summed E-state index contributed by atoms with van der Waals surface area (Å²) in [4.78, 5) is 15.4. The number of rotatable bonds is 2. The fraction of sp³-hybridized carbons (Fsp3) is 0.273. The van der Waals surface area contributed by atoms with Crippen molar-refractivity contribution < 1.29 is 9.53 Å². The van der Waals surface area contributed by atoms with Crippen LogP contribution in [0.5, 0.6) is 0 Å². The molecule has 0 unspecified atom stereocenters. The Morgan fingerprint density at radius 1 is 1.60 bits per heavy atom. The quantitative estimate of drug-likeness (QED) is 0.694. The number of fused-ring (bicyclic) bond motifs is 1. The third-order valence-electron chi connectivity index (χ3n) is 2.22. The molecule has 0 aromatic carbocycles. The molecular formula is C11H12N2O2. The lowest BCUT2D eigenvalue weighted by atomic mass is 10.3. The second kappa shape index (κ2) is 3.73. The minimum Gasteiger partial charge on any atom is -0.469 e. The first-order valence-electron chi connectivity index (χ1n) is 4.70. The van der Waals surface area contributed by atoms with Gasteiger partial charge in [0.15, 0.2) is 0 Å². The molecule has 4 nitrogen and oxygen atoms in total. The van der Waals surface area contributed by atoms with Gasteiger partial charge in [0.2, 0.25) is 0 Å². The molecule has 4 heteroatoms. The zero-order valence-electron chi connectivity index (χ0n) is 8.73. The summed E-state index contributed by atoms with van der Waals surface area (Å²) in [5.41, 5.74) is 2.74. The molecule has 0 N–H and O–H groups in total. The van der Waals surface area contributed by atoms with Crippen molar-refractivity contribution in [2.45, 2.75) is 13.3 Å². The highest BCUT2D eigenvalue weighted by atomic mass is 16.5. The number of aryl methyl sites for hydroxylation is 1. The second-order valence-corrected chi connectivity index (χ2v) is 3.45. The van der Waals surface area contributed by atoms with E-state index in [4.69, 9.17) is 0 Å². The number of carbonyl (C=O) groups excluding carboxylic acids is 1. The van der Waals surface area contributed by atoms with Gasteiger partial charge in [-0.05, 0) is 24.6 Å². The van der Waals surface area contributed by atoms with E-state index < -0.39 is 0 Å². The maximum absolute atomic E-state index is 11.1. The Bertz CT molecular complexity index is 502. The van der Waals surface area contributed by atoms with E-state index in [1.807, 2.05) is 35.9 Å². The molecular weight excluding hydrogens is 192 g/mol. The summed E-state index contributed by atoms with van der Waals surface area (Å²) in [5, 5.41) is 0. The minimum absolute atomic E-state index is 0.219. The molecule has 0 saturated heterocycles. The van der Waals surface area contributed by atoms with E-state index in [0.717, 1.165) is 16.9 Å². The fourth-order valence-electron chi connectivity index (χ4n) is 1.44. The van der Waals surface area contributed by atoms with Crippen LogP contribution in [-0.2, 0) is 16.0 Å². The van der Waals surface area contributed by atoms with E-state index >= 15 is 0 Å². The molecule has 2 heterocycles. The number of carbonyl (C=O) groups is 1. The topological polar surface area (TPSA) is 43.6 Å². The van der Waals surface area contributed by atoms with Gasteiger partial charge < -0.3 is 9.14 Å². The van der Waals surface area contributed by atoms with Gasteiger partial charge in [0.05, 0.1) is 19.2 Å². The van der Waals surface area contributed by atoms with E-state index in [2.05, 4.69) is 9.72 Å². The molecule has 0 saturated carbocycles. The van der Waals surface area contributed by atoms with E-state index in [9.17, 15) is 4.79 Å². The lowest BCUT2D eigenvalue weighted by Gasteiger charge is -1.92. The van der Waals surface area contributed by atoms with Crippen molar-refractivity contribution in [1.82, 2.24) is 9.38 Å². The number of nitrogens with zero attached hydrogens (tertiary/aromatic N) is 2. The molecule has 0 radical (unpaired) electrons. The number of ether oxygens (including phenoxy) is 1. The average molecular weight is 204 g/mol. The van der Waals surface area contributed by atoms with Crippen molar-refractivity contribution >= 4 is 11.6 Å². The number of esters is 1. The summed E-state index contributed by atoms with van der Waals surface area (Å²) >= 11 is 0. The molecule has 2 rings (SSSR count). The smallest absolute Gasteiger partial charge is 0.311 e. The van der Waals surface area contributed by atoms with Crippen molar-refractivity contribution in [1.29, 1.82) is 0 Å². The highest BCUT2D eigenvalue weighted by Gasteiger charge is 2.07. The number of aromatic nitrogens is 2. The number of imidazole rings is 1. The maximum Gasteiger partial charge on any atom is 0.311 e. The molecule has 78 valence electrons. The molecule has 0 bridgehead atoms. The van der Waals surface area contributed by atoms with Gasteiger partial charge in [0, 0.05) is 12.4 Å². The molecule has 0 fully saturated rings. The van der Waals surface area contributed by atoms with Gasteiger partial charge in [0.25, 0.3) is 0 Å². The van der Waals surface area contributed by atoms with Crippen LogP contribution in [0.3, 0.4) is 0 Å². The van der Waals surface area contributed by atoms with Crippen LogP contribution >= 0.6 is 0 Å². The van der Waals surface area contributed by atoms with Crippen LogP contribution in [0.4, 0.5) is 0 Å². The number of methoxy groups -OCH3 is 1. The monoisotopic (exact) mass is 204 g/mol. The third kappa shape index (κ3) is 1.98. The molecule has 2 aromatic rings. The van der Waals surface area contributed by atoms with Gasteiger partial charge in [-0.1, -0.05) is 0 Å². The van der Waals surface area contributed by atoms with Crippen molar-refractivity contribution in [3.63, 3.8) is 0 Å². The van der Waals surface area contributed by atoms with Crippen LogP contribution in [0.15, 0.2) is 24.5 Å². The third-order valence-corrected chi connectivity index (χ3v) is 2.22. The molecule has 15 heavy (non-hydrogen) atoms. The van der Waals surface area contributed by atoms with E-state index in [-0.39, 0.29) is 12.4 Å². The van der Waals surface area contributed by atoms with Crippen molar-refractivity contribution in [2.24, 2.45) is 0 Å². The van der Waals surface area contributed by atoms with Crippen molar-refractivity contribution in [2.75, 3.05) is 7.11 Å². The van der Waals surface area contributed by atoms with Crippen LogP contribution in [0.25, 0.3) is 5.65 Å². The molecule has 2 aromatic heterocycles. The van der Waals surface area contributed by atoms with Crippen molar-refractivity contribution in [3.05, 3.63) is 35.8 Å². The summed E-state index contributed by atoms with van der Waals surface area (Å²) in [6, 6.07) is 3.97.